The predicted octanol–water partition coefficient (Wildman–Crippen LogP) is 1.45. The molecule has 1 aromatic heterocycles. The van der Waals surface area contributed by atoms with Crippen LogP contribution in [0.2, 0.25) is 0 Å². The Morgan fingerprint density at radius 1 is 1.08 bits per heavy atom. The number of amides is 3. The molecular formula is C27H42N8O3. The third-order valence-electron chi connectivity index (χ3n) is 6.97. The van der Waals surface area contributed by atoms with Gasteiger partial charge in [-0.2, -0.15) is 4.98 Å². The summed E-state index contributed by atoms with van der Waals surface area (Å²) < 4.78 is 1.44. The number of aromatic nitrogens is 2. The summed E-state index contributed by atoms with van der Waals surface area (Å²) in [5.74, 6) is 0.503. The molecule has 11 nitrogen and oxygen atoms in total. The molecule has 38 heavy (non-hydrogen) atoms. The van der Waals surface area contributed by atoms with Crippen molar-refractivity contribution < 1.29 is 9.59 Å². The standard InChI is InChI=1S/C27H42N8O3/c1-19(20(2)28)10-12-32(5)18-21-6-8-22(9-7-21)35-13-11-23(31-26(35)38)30-25(37)34-16-14-33(15-17-34)24(36)27(3,4)29/h6-9,11,13,19-20H,10,12,14-18,28-29H2,1-5H3,(H,30,31,37,38)/t19-,20?/m1/s1. The van der Waals surface area contributed by atoms with Gasteiger partial charge >= 0.3 is 11.7 Å². The summed E-state index contributed by atoms with van der Waals surface area (Å²) in [6.45, 7) is 10.9. The SMILES string of the molecule is CC(N)[C@H](C)CCN(C)Cc1ccc(-n2ccc(NC(=O)N3CCN(C(=O)C(C)(C)N)CC3)nc2=O)cc1. The smallest absolute Gasteiger partial charge is 0.338 e. The fraction of sp³-hybridized carbons (Fsp3) is 0.556. The molecule has 3 rings (SSSR count). The van der Waals surface area contributed by atoms with E-state index in [1.807, 2.05) is 31.2 Å². The van der Waals surface area contributed by atoms with Gasteiger partial charge in [-0.3, -0.25) is 14.7 Å². The fourth-order valence-corrected chi connectivity index (χ4v) is 4.22. The van der Waals surface area contributed by atoms with Crippen LogP contribution in [-0.2, 0) is 11.3 Å². The highest BCUT2D eigenvalue weighted by Gasteiger charge is 2.31. The van der Waals surface area contributed by atoms with Gasteiger partial charge in [-0.15, -0.1) is 0 Å². The van der Waals surface area contributed by atoms with Gasteiger partial charge in [0.15, 0.2) is 0 Å². The van der Waals surface area contributed by atoms with E-state index in [1.54, 1.807) is 35.9 Å². The van der Waals surface area contributed by atoms with Gasteiger partial charge in [0.1, 0.15) is 5.82 Å². The Morgan fingerprint density at radius 2 is 1.68 bits per heavy atom. The van der Waals surface area contributed by atoms with Crippen molar-refractivity contribution in [2.75, 3.05) is 45.1 Å². The molecule has 1 aromatic carbocycles. The molecule has 1 fully saturated rings. The lowest BCUT2D eigenvalue weighted by Crippen LogP contribution is -2.58. The first-order valence-electron chi connectivity index (χ1n) is 13.1. The number of nitrogens with one attached hydrogen (secondary N) is 1. The van der Waals surface area contributed by atoms with E-state index >= 15 is 0 Å². The topological polar surface area (TPSA) is 143 Å². The zero-order valence-electron chi connectivity index (χ0n) is 23.2. The molecule has 3 amide bonds. The fourth-order valence-electron chi connectivity index (χ4n) is 4.22. The monoisotopic (exact) mass is 526 g/mol. The molecule has 0 aliphatic carbocycles. The lowest BCUT2D eigenvalue weighted by Gasteiger charge is -2.37. The van der Waals surface area contributed by atoms with Gasteiger partial charge in [-0.05, 0) is 70.5 Å². The minimum Gasteiger partial charge on any atom is -0.338 e. The van der Waals surface area contributed by atoms with Crippen molar-refractivity contribution in [3.05, 3.63) is 52.6 Å². The molecular weight excluding hydrogens is 484 g/mol. The van der Waals surface area contributed by atoms with Crippen LogP contribution in [0.25, 0.3) is 5.69 Å². The van der Waals surface area contributed by atoms with Crippen molar-refractivity contribution >= 4 is 17.8 Å². The summed E-state index contributed by atoms with van der Waals surface area (Å²) >= 11 is 0. The van der Waals surface area contributed by atoms with Crippen molar-refractivity contribution in [3.8, 4) is 5.69 Å². The van der Waals surface area contributed by atoms with E-state index in [2.05, 4.69) is 29.2 Å². The molecule has 0 radical (unpaired) electrons. The van der Waals surface area contributed by atoms with E-state index in [0.29, 0.717) is 37.8 Å². The van der Waals surface area contributed by atoms with Crippen LogP contribution in [0.1, 0.15) is 39.7 Å². The van der Waals surface area contributed by atoms with Crippen LogP contribution in [0.15, 0.2) is 41.3 Å². The van der Waals surface area contributed by atoms with Crippen LogP contribution >= 0.6 is 0 Å². The summed E-state index contributed by atoms with van der Waals surface area (Å²) in [4.78, 5) is 47.3. The summed E-state index contributed by atoms with van der Waals surface area (Å²) in [6, 6.07) is 9.19. The Kier molecular flexibility index (Phi) is 9.64. The highest BCUT2D eigenvalue weighted by atomic mass is 16.2. The first-order valence-corrected chi connectivity index (χ1v) is 13.1. The Labute approximate surface area is 224 Å². The van der Waals surface area contributed by atoms with Gasteiger partial charge in [0.25, 0.3) is 0 Å². The van der Waals surface area contributed by atoms with E-state index < -0.39 is 11.2 Å². The van der Waals surface area contributed by atoms with Gasteiger partial charge in [0.2, 0.25) is 5.91 Å². The Morgan fingerprint density at radius 3 is 2.24 bits per heavy atom. The molecule has 0 saturated carbocycles. The second-order valence-electron chi connectivity index (χ2n) is 10.9. The number of piperazine rings is 1. The van der Waals surface area contributed by atoms with Crippen molar-refractivity contribution in [2.45, 2.75) is 52.2 Å². The number of hydrogen-bond donors (Lipinski definition) is 3. The van der Waals surface area contributed by atoms with Crippen LogP contribution in [0, 0.1) is 5.92 Å². The quantitative estimate of drug-likeness (QED) is 0.449. The minimum absolute atomic E-state index is 0.144. The van der Waals surface area contributed by atoms with E-state index in [-0.39, 0.29) is 23.8 Å². The number of benzene rings is 1. The maximum atomic E-state index is 12.7. The summed E-state index contributed by atoms with van der Waals surface area (Å²) in [5.41, 5.74) is 12.3. The molecule has 2 atom stereocenters. The van der Waals surface area contributed by atoms with Crippen LogP contribution in [0.5, 0.6) is 0 Å². The van der Waals surface area contributed by atoms with Gasteiger partial charge in [0.05, 0.1) is 11.2 Å². The minimum atomic E-state index is -0.947. The third-order valence-corrected chi connectivity index (χ3v) is 6.97. The molecule has 2 aromatic rings. The molecule has 0 bridgehead atoms. The Bertz CT molecular complexity index is 1150. The third kappa shape index (κ3) is 7.86. The predicted molar refractivity (Wildman–Crippen MR) is 149 cm³/mol. The number of anilines is 1. The number of rotatable bonds is 9. The van der Waals surface area contributed by atoms with E-state index in [0.717, 1.165) is 25.1 Å². The van der Waals surface area contributed by atoms with Crippen LogP contribution in [0.3, 0.4) is 0 Å². The summed E-state index contributed by atoms with van der Waals surface area (Å²) in [5, 5.41) is 2.68. The van der Waals surface area contributed by atoms with Gasteiger partial charge < -0.3 is 26.2 Å². The highest BCUT2D eigenvalue weighted by molar-refractivity contribution is 5.89. The van der Waals surface area contributed by atoms with Crippen molar-refractivity contribution in [2.24, 2.45) is 17.4 Å². The summed E-state index contributed by atoms with van der Waals surface area (Å²) in [6.07, 6.45) is 2.64. The normalized spacial score (nSPS) is 15.9. The van der Waals surface area contributed by atoms with Crippen molar-refractivity contribution in [3.63, 3.8) is 0 Å². The van der Waals surface area contributed by atoms with Gasteiger partial charge in [-0.25, -0.2) is 9.59 Å². The number of nitrogens with two attached hydrogens (primary N) is 2. The second kappa shape index (κ2) is 12.5. The maximum absolute atomic E-state index is 12.7. The van der Waals surface area contributed by atoms with Gasteiger partial charge in [0, 0.05) is 45.0 Å². The number of carbonyl (C=O) groups excluding carboxylic acids is 2. The first kappa shape index (κ1) is 29.3. The molecule has 2 heterocycles. The molecule has 5 N–H and O–H groups in total. The Balaban J connectivity index is 1.54. The lowest BCUT2D eigenvalue weighted by molar-refractivity contribution is -0.137. The highest BCUT2D eigenvalue weighted by Crippen LogP contribution is 2.13. The van der Waals surface area contributed by atoms with Crippen LogP contribution < -0.4 is 22.5 Å². The summed E-state index contributed by atoms with van der Waals surface area (Å²) in [7, 11) is 2.09. The molecule has 1 aliphatic rings. The average molecular weight is 527 g/mol. The van der Waals surface area contributed by atoms with E-state index in [9.17, 15) is 14.4 Å². The zero-order chi connectivity index (χ0) is 28.0. The molecule has 11 heteroatoms. The van der Waals surface area contributed by atoms with Crippen LogP contribution in [0.4, 0.5) is 10.6 Å². The first-order chi connectivity index (χ1) is 17.8. The second-order valence-corrected chi connectivity index (χ2v) is 10.9. The molecule has 0 spiro atoms. The van der Waals surface area contributed by atoms with E-state index in [1.165, 1.54) is 4.57 Å². The van der Waals surface area contributed by atoms with Crippen LogP contribution in [-0.4, -0.2) is 87.5 Å². The molecule has 1 saturated heterocycles. The Hall–Kier alpha value is -3.28. The molecule has 1 unspecified atom stereocenters. The largest absolute Gasteiger partial charge is 0.354 e. The van der Waals surface area contributed by atoms with Gasteiger partial charge in [-0.1, -0.05) is 19.1 Å². The number of nitrogens with zero attached hydrogens (tertiary/aromatic N) is 5. The average Bonchev–Trinajstić information content (AvgIpc) is 2.87. The molecule has 208 valence electrons. The molecule has 1 aliphatic heterocycles. The maximum Gasteiger partial charge on any atom is 0.354 e. The number of urea groups is 1. The number of carbonyl (C=O) groups is 2. The van der Waals surface area contributed by atoms with Crippen molar-refractivity contribution in [1.82, 2.24) is 24.3 Å². The lowest BCUT2D eigenvalue weighted by atomic mass is 10.0. The van der Waals surface area contributed by atoms with E-state index in [4.69, 9.17) is 11.5 Å². The zero-order valence-corrected chi connectivity index (χ0v) is 23.2. The number of hydrogen-bond acceptors (Lipinski definition) is 7. The van der Waals surface area contributed by atoms with Crippen molar-refractivity contribution in [1.29, 1.82) is 0 Å².